The first-order valence-corrected chi connectivity index (χ1v) is 6.54. The number of nitrogens with zero attached hydrogens (tertiary/aromatic N) is 2. The van der Waals surface area contributed by atoms with Gasteiger partial charge in [0.1, 0.15) is 11.4 Å². The quantitative estimate of drug-likeness (QED) is 0.901. The van der Waals surface area contributed by atoms with Crippen LogP contribution in [0.3, 0.4) is 0 Å². The van der Waals surface area contributed by atoms with Crippen molar-refractivity contribution in [2.75, 3.05) is 26.8 Å². The van der Waals surface area contributed by atoms with Crippen LogP contribution in [0.1, 0.15) is 17.4 Å². The number of carbonyl (C=O) groups excluding carboxylic acids is 1. The minimum absolute atomic E-state index is 0.0512. The fraction of sp³-hybridized carbons (Fsp3) is 0.333. The van der Waals surface area contributed by atoms with Crippen LogP contribution in [-0.2, 0) is 0 Å². The Morgan fingerprint density at radius 2 is 2.15 bits per heavy atom. The molecule has 2 rings (SSSR count). The molecule has 1 heterocycles. The van der Waals surface area contributed by atoms with Crippen molar-refractivity contribution in [1.82, 2.24) is 9.88 Å². The van der Waals surface area contributed by atoms with Crippen LogP contribution < -0.4 is 4.74 Å². The molecule has 5 nitrogen and oxygen atoms in total. The van der Waals surface area contributed by atoms with Crippen molar-refractivity contribution < 1.29 is 14.6 Å². The van der Waals surface area contributed by atoms with E-state index in [1.165, 1.54) is 0 Å². The number of carbonyl (C=O) groups is 1. The van der Waals surface area contributed by atoms with E-state index in [2.05, 4.69) is 4.98 Å². The second kappa shape index (κ2) is 6.34. The zero-order valence-corrected chi connectivity index (χ0v) is 11.7. The molecule has 1 aromatic carbocycles. The van der Waals surface area contributed by atoms with Gasteiger partial charge in [-0.3, -0.25) is 4.79 Å². The monoisotopic (exact) mass is 274 g/mol. The smallest absolute Gasteiger partial charge is 0.272 e. The Labute approximate surface area is 117 Å². The van der Waals surface area contributed by atoms with Gasteiger partial charge >= 0.3 is 0 Å². The number of rotatable bonds is 5. The summed E-state index contributed by atoms with van der Waals surface area (Å²) >= 11 is 0. The molecule has 0 atom stereocenters. The van der Waals surface area contributed by atoms with E-state index in [1.54, 1.807) is 18.1 Å². The standard InChI is InChI=1S/C15H18N2O3/c1-3-17(8-9-18)15(19)14-6-4-11-10-12(20-2)5-7-13(11)16-14/h4-7,10,18H,3,8-9H2,1-2H3. The fourth-order valence-corrected chi connectivity index (χ4v) is 2.04. The highest BCUT2D eigenvalue weighted by molar-refractivity contribution is 5.95. The maximum Gasteiger partial charge on any atom is 0.272 e. The lowest BCUT2D eigenvalue weighted by Gasteiger charge is -2.19. The predicted octanol–water partition coefficient (Wildman–Crippen LogP) is 1.70. The van der Waals surface area contributed by atoms with Gasteiger partial charge in [0.25, 0.3) is 5.91 Å². The van der Waals surface area contributed by atoms with Crippen LogP contribution in [0.15, 0.2) is 30.3 Å². The number of aromatic nitrogens is 1. The number of hydrogen-bond acceptors (Lipinski definition) is 4. The average Bonchev–Trinajstić information content (AvgIpc) is 2.50. The predicted molar refractivity (Wildman–Crippen MR) is 77.0 cm³/mol. The first-order valence-electron chi connectivity index (χ1n) is 6.54. The maximum absolute atomic E-state index is 12.3. The van der Waals surface area contributed by atoms with Crippen LogP contribution in [0, 0.1) is 0 Å². The minimum atomic E-state index is -0.167. The summed E-state index contributed by atoms with van der Waals surface area (Å²) in [7, 11) is 1.61. The van der Waals surface area contributed by atoms with E-state index < -0.39 is 0 Å². The number of fused-ring (bicyclic) bond motifs is 1. The van der Waals surface area contributed by atoms with Crippen molar-refractivity contribution in [3.05, 3.63) is 36.0 Å². The van der Waals surface area contributed by atoms with Crippen molar-refractivity contribution in [2.24, 2.45) is 0 Å². The van der Waals surface area contributed by atoms with E-state index in [0.717, 1.165) is 16.7 Å². The highest BCUT2D eigenvalue weighted by Gasteiger charge is 2.15. The Balaban J connectivity index is 2.33. The third-order valence-corrected chi connectivity index (χ3v) is 3.15. The van der Waals surface area contributed by atoms with Gasteiger partial charge in [-0.2, -0.15) is 0 Å². The second-order valence-corrected chi connectivity index (χ2v) is 4.36. The molecule has 0 radical (unpaired) electrons. The molecule has 20 heavy (non-hydrogen) atoms. The number of ether oxygens (including phenoxy) is 1. The van der Waals surface area contributed by atoms with Gasteiger partial charge in [-0.15, -0.1) is 0 Å². The zero-order chi connectivity index (χ0) is 14.5. The van der Waals surface area contributed by atoms with Gasteiger partial charge in [0.15, 0.2) is 0 Å². The summed E-state index contributed by atoms with van der Waals surface area (Å²) in [6.07, 6.45) is 0. The minimum Gasteiger partial charge on any atom is -0.497 e. The molecule has 1 N–H and O–H groups in total. The Morgan fingerprint density at radius 1 is 1.35 bits per heavy atom. The second-order valence-electron chi connectivity index (χ2n) is 4.36. The summed E-state index contributed by atoms with van der Waals surface area (Å²) < 4.78 is 5.16. The summed E-state index contributed by atoms with van der Waals surface area (Å²) in [4.78, 5) is 18.2. The van der Waals surface area contributed by atoms with Gasteiger partial charge in [-0.1, -0.05) is 6.07 Å². The summed E-state index contributed by atoms with van der Waals surface area (Å²) in [5.41, 5.74) is 1.13. The number of likely N-dealkylation sites (N-methyl/N-ethyl adjacent to an activating group) is 1. The number of aliphatic hydroxyl groups excluding tert-OH is 1. The molecule has 1 amide bonds. The van der Waals surface area contributed by atoms with Crippen LogP contribution in [0.2, 0.25) is 0 Å². The third kappa shape index (κ3) is 2.88. The molecule has 0 bridgehead atoms. The molecule has 0 saturated heterocycles. The van der Waals surface area contributed by atoms with Crippen LogP contribution in [0.5, 0.6) is 5.75 Å². The van der Waals surface area contributed by atoms with Crippen LogP contribution in [0.4, 0.5) is 0 Å². The topological polar surface area (TPSA) is 62.7 Å². The molecule has 2 aromatic rings. The van der Waals surface area contributed by atoms with E-state index >= 15 is 0 Å². The largest absolute Gasteiger partial charge is 0.497 e. The van der Waals surface area contributed by atoms with E-state index in [9.17, 15) is 4.79 Å². The molecule has 1 aromatic heterocycles. The van der Waals surface area contributed by atoms with E-state index in [1.807, 2.05) is 31.2 Å². The van der Waals surface area contributed by atoms with Gasteiger partial charge in [0.2, 0.25) is 0 Å². The number of benzene rings is 1. The van der Waals surface area contributed by atoms with E-state index in [4.69, 9.17) is 9.84 Å². The van der Waals surface area contributed by atoms with Crippen LogP contribution in [-0.4, -0.2) is 47.7 Å². The van der Waals surface area contributed by atoms with Crippen LogP contribution in [0.25, 0.3) is 10.9 Å². The first-order chi connectivity index (χ1) is 9.69. The molecule has 0 unspecified atom stereocenters. The highest BCUT2D eigenvalue weighted by atomic mass is 16.5. The molecule has 0 aliphatic carbocycles. The molecule has 0 saturated carbocycles. The number of methoxy groups -OCH3 is 1. The molecule has 106 valence electrons. The number of aliphatic hydroxyl groups is 1. The van der Waals surface area contributed by atoms with Crippen molar-refractivity contribution >= 4 is 16.8 Å². The molecule has 5 heteroatoms. The van der Waals surface area contributed by atoms with E-state index in [-0.39, 0.29) is 12.5 Å². The molecule has 0 spiro atoms. The Bertz CT molecular complexity index is 613. The fourth-order valence-electron chi connectivity index (χ4n) is 2.04. The molecular formula is C15H18N2O3. The summed E-state index contributed by atoms with van der Waals surface area (Å²) in [5.74, 6) is 0.591. The Hall–Kier alpha value is -2.14. The lowest BCUT2D eigenvalue weighted by molar-refractivity contribution is 0.0726. The third-order valence-electron chi connectivity index (χ3n) is 3.15. The first kappa shape index (κ1) is 14.3. The average molecular weight is 274 g/mol. The summed E-state index contributed by atoms with van der Waals surface area (Å²) in [6.45, 7) is 2.68. The van der Waals surface area contributed by atoms with Crippen LogP contribution >= 0.6 is 0 Å². The lowest BCUT2D eigenvalue weighted by atomic mass is 10.2. The Morgan fingerprint density at radius 3 is 2.80 bits per heavy atom. The SMILES string of the molecule is CCN(CCO)C(=O)c1ccc2cc(OC)ccc2n1. The van der Waals surface area contributed by atoms with Gasteiger partial charge in [0.05, 0.1) is 19.2 Å². The summed E-state index contributed by atoms with van der Waals surface area (Å²) in [5, 5.41) is 9.89. The number of hydrogen-bond donors (Lipinski definition) is 1. The molecule has 0 aliphatic rings. The van der Waals surface area contributed by atoms with Gasteiger partial charge in [0, 0.05) is 18.5 Å². The van der Waals surface area contributed by atoms with Crippen molar-refractivity contribution in [1.29, 1.82) is 0 Å². The normalized spacial score (nSPS) is 10.6. The van der Waals surface area contributed by atoms with Crippen molar-refractivity contribution in [2.45, 2.75) is 6.92 Å². The number of pyridine rings is 1. The van der Waals surface area contributed by atoms with Gasteiger partial charge in [-0.25, -0.2) is 4.98 Å². The molecule has 0 aliphatic heterocycles. The maximum atomic E-state index is 12.3. The highest BCUT2D eigenvalue weighted by Crippen LogP contribution is 2.20. The lowest BCUT2D eigenvalue weighted by Crippen LogP contribution is -2.33. The number of amides is 1. The molecular weight excluding hydrogens is 256 g/mol. The molecule has 0 fully saturated rings. The zero-order valence-electron chi connectivity index (χ0n) is 11.7. The van der Waals surface area contributed by atoms with Gasteiger partial charge in [-0.05, 0) is 31.2 Å². The van der Waals surface area contributed by atoms with Crippen molar-refractivity contribution in [3.8, 4) is 5.75 Å². The van der Waals surface area contributed by atoms with Crippen molar-refractivity contribution in [3.63, 3.8) is 0 Å². The Kier molecular flexibility index (Phi) is 4.53. The summed E-state index contributed by atoms with van der Waals surface area (Å²) in [6, 6.07) is 9.07. The van der Waals surface area contributed by atoms with Gasteiger partial charge < -0.3 is 14.7 Å². The van der Waals surface area contributed by atoms with E-state index in [0.29, 0.717) is 18.8 Å².